The summed E-state index contributed by atoms with van der Waals surface area (Å²) in [5.74, 6) is 1.30. The predicted octanol–water partition coefficient (Wildman–Crippen LogP) is 3.10. The van der Waals surface area contributed by atoms with E-state index < -0.39 is 0 Å². The summed E-state index contributed by atoms with van der Waals surface area (Å²) in [6.45, 7) is 11.1. The van der Waals surface area contributed by atoms with Crippen LogP contribution in [-0.2, 0) is 9.47 Å². The molecule has 0 aromatic heterocycles. The summed E-state index contributed by atoms with van der Waals surface area (Å²) in [4.78, 5) is 4.72. The minimum absolute atomic E-state index is 0.408. The van der Waals surface area contributed by atoms with E-state index in [9.17, 15) is 0 Å². The van der Waals surface area contributed by atoms with Gasteiger partial charge in [0.25, 0.3) is 0 Å². The highest BCUT2D eigenvalue weighted by atomic mass is 16.5. The van der Waals surface area contributed by atoms with Gasteiger partial charge in [0.1, 0.15) is 0 Å². The van der Waals surface area contributed by atoms with Crippen LogP contribution in [0.1, 0.15) is 43.7 Å². The van der Waals surface area contributed by atoms with Crippen LogP contribution in [0.4, 0.5) is 0 Å². The number of hydrogen-bond acceptors (Lipinski definition) is 3. The Morgan fingerprint density at radius 3 is 2.52 bits per heavy atom. The third kappa shape index (κ3) is 10.1. The topological polar surface area (TPSA) is 54.9 Å². The third-order valence-electron chi connectivity index (χ3n) is 3.95. The van der Waals surface area contributed by atoms with Gasteiger partial charge in [-0.1, -0.05) is 36.8 Å². The first-order valence-corrected chi connectivity index (χ1v) is 9.32. The lowest BCUT2D eigenvalue weighted by Gasteiger charge is -2.14. The Bertz CT molecular complexity index is 474. The van der Waals surface area contributed by atoms with Gasteiger partial charge in [-0.15, -0.1) is 0 Å². The van der Waals surface area contributed by atoms with Crippen LogP contribution in [-0.4, -0.2) is 52.5 Å². The number of rotatable bonds is 12. The van der Waals surface area contributed by atoms with Crippen molar-refractivity contribution in [1.82, 2.24) is 10.6 Å². The molecule has 0 saturated carbocycles. The van der Waals surface area contributed by atoms with Crippen molar-refractivity contribution in [3.05, 3.63) is 35.4 Å². The Labute approximate surface area is 153 Å². The van der Waals surface area contributed by atoms with Gasteiger partial charge in [-0.2, -0.15) is 0 Å². The van der Waals surface area contributed by atoms with E-state index in [1.54, 1.807) is 7.11 Å². The number of unbranched alkanes of at least 4 members (excludes halogenated alkanes) is 1. The van der Waals surface area contributed by atoms with E-state index in [1.807, 2.05) is 0 Å². The zero-order valence-corrected chi connectivity index (χ0v) is 16.3. The summed E-state index contributed by atoms with van der Waals surface area (Å²) in [7, 11) is 1.69. The molecule has 142 valence electrons. The molecule has 0 saturated heterocycles. The van der Waals surface area contributed by atoms with Crippen LogP contribution in [0.15, 0.2) is 29.3 Å². The largest absolute Gasteiger partial charge is 0.382 e. The summed E-state index contributed by atoms with van der Waals surface area (Å²) in [6, 6.07) is 8.71. The Morgan fingerprint density at radius 2 is 1.84 bits per heavy atom. The Morgan fingerprint density at radius 1 is 1.08 bits per heavy atom. The molecular formula is C20H35N3O2. The van der Waals surface area contributed by atoms with Crippen LogP contribution in [0, 0.1) is 6.92 Å². The van der Waals surface area contributed by atoms with Gasteiger partial charge >= 0.3 is 0 Å². The first kappa shape index (κ1) is 21.5. The van der Waals surface area contributed by atoms with Crippen LogP contribution >= 0.6 is 0 Å². The Kier molecular flexibility index (Phi) is 11.7. The van der Waals surface area contributed by atoms with Crippen LogP contribution < -0.4 is 10.6 Å². The smallest absolute Gasteiger partial charge is 0.191 e. The van der Waals surface area contributed by atoms with Crippen molar-refractivity contribution >= 4 is 5.96 Å². The van der Waals surface area contributed by atoms with Crippen LogP contribution in [0.25, 0.3) is 0 Å². The molecule has 5 nitrogen and oxygen atoms in total. The number of aliphatic imine (C=N–C) groups is 1. The standard InChI is InChI=1S/C20H35N3O2/c1-5-21-20(22-12-6-7-13-25-15-14-24-4)23-16-18(3)19-10-8-17(2)9-11-19/h8-11,18H,5-7,12-16H2,1-4H3,(H2,21,22,23). The minimum Gasteiger partial charge on any atom is -0.382 e. The molecule has 0 amide bonds. The van der Waals surface area contributed by atoms with Gasteiger partial charge in [-0.3, -0.25) is 4.99 Å². The highest BCUT2D eigenvalue weighted by Gasteiger charge is 2.05. The van der Waals surface area contributed by atoms with Crippen molar-refractivity contribution in [3.8, 4) is 0 Å². The third-order valence-corrected chi connectivity index (χ3v) is 3.95. The number of nitrogens with one attached hydrogen (secondary N) is 2. The molecule has 0 spiro atoms. The maximum atomic E-state index is 5.47. The van der Waals surface area contributed by atoms with E-state index in [2.05, 4.69) is 55.7 Å². The van der Waals surface area contributed by atoms with Gasteiger partial charge in [0.2, 0.25) is 0 Å². The molecular weight excluding hydrogens is 314 g/mol. The SMILES string of the molecule is CCNC(=NCC(C)c1ccc(C)cc1)NCCCCOCCOC. The molecule has 0 radical (unpaired) electrons. The Hall–Kier alpha value is -1.59. The number of benzene rings is 1. The van der Waals surface area contributed by atoms with E-state index >= 15 is 0 Å². The molecule has 25 heavy (non-hydrogen) atoms. The molecule has 0 fully saturated rings. The number of methoxy groups -OCH3 is 1. The second-order valence-electron chi connectivity index (χ2n) is 6.27. The first-order chi connectivity index (χ1) is 12.2. The highest BCUT2D eigenvalue weighted by Crippen LogP contribution is 2.15. The summed E-state index contributed by atoms with van der Waals surface area (Å²) in [5.41, 5.74) is 2.62. The van der Waals surface area contributed by atoms with Crippen molar-refractivity contribution < 1.29 is 9.47 Å². The van der Waals surface area contributed by atoms with E-state index in [1.165, 1.54) is 11.1 Å². The fraction of sp³-hybridized carbons (Fsp3) is 0.650. The maximum Gasteiger partial charge on any atom is 0.191 e. The lowest BCUT2D eigenvalue weighted by molar-refractivity contribution is 0.0689. The van der Waals surface area contributed by atoms with Gasteiger partial charge in [0.05, 0.1) is 13.2 Å². The number of aryl methyl sites for hydroxylation is 1. The molecule has 1 aromatic rings. The summed E-state index contributed by atoms with van der Waals surface area (Å²) in [6.07, 6.45) is 2.10. The van der Waals surface area contributed by atoms with Crippen LogP contribution in [0.2, 0.25) is 0 Å². The molecule has 2 N–H and O–H groups in total. The number of ether oxygens (including phenoxy) is 2. The molecule has 5 heteroatoms. The molecule has 1 atom stereocenters. The lowest BCUT2D eigenvalue weighted by atomic mass is 10.0. The fourth-order valence-electron chi connectivity index (χ4n) is 2.35. The van der Waals surface area contributed by atoms with Gasteiger partial charge in [0, 0.05) is 39.3 Å². The van der Waals surface area contributed by atoms with E-state index in [0.717, 1.165) is 45.0 Å². The predicted molar refractivity (Wildman–Crippen MR) is 106 cm³/mol. The minimum atomic E-state index is 0.408. The van der Waals surface area contributed by atoms with Gasteiger partial charge in [0.15, 0.2) is 5.96 Å². The first-order valence-electron chi connectivity index (χ1n) is 9.32. The van der Waals surface area contributed by atoms with E-state index in [-0.39, 0.29) is 0 Å². The quantitative estimate of drug-likeness (QED) is 0.346. The van der Waals surface area contributed by atoms with Crippen LogP contribution in [0.5, 0.6) is 0 Å². The van der Waals surface area contributed by atoms with Crippen LogP contribution in [0.3, 0.4) is 0 Å². The summed E-state index contributed by atoms with van der Waals surface area (Å²) in [5, 5.41) is 6.71. The van der Waals surface area contributed by atoms with Crippen molar-refractivity contribution in [2.24, 2.45) is 4.99 Å². The monoisotopic (exact) mass is 349 g/mol. The second-order valence-corrected chi connectivity index (χ2v) is 6.27. The molecule has 0 aliphatic heterocycles. The van der Waals surface area contributed by atoms with Crippen molar-refractivity contribution in [3.63, 3.8) is 0 Å². The fourth-order valence-corrected chi connectivity index (χ4v) is 2.35. The van der Waals surface area contributed by atoms with E-state index in [0.29, 0.717) is 19.1 Å². The molecule has 0 bridgehead atoms. The zero-order chi connectivity index (χ0) is 18.3. The average Bonchev–Trinajstić information content (AvgIpc) is 2.62. The molecule has 0 aliphatic rings. The molecule has 1 rings (SSSR count). The zero-order valence-electron chi connectivity index (χ0n) is 16.3. The van der Waals surface area contributed by atoms with Gasteiger partial charge in [-0.25, -0.2) is 0 Å². The molecule has 1 aromatic carbocycles. The highest BCUT2D eigenvalue weighted by molar-refractivity contribution is 5.79. The number of hydrogen-bond donors (Lipinski definition) is 2. The van der Waals surface area contributed by atoms with Gasteiger partial charge in [-0.05, 0) is 32.3 Å². The van der Waals surface area contributed by atoms with E-state index in [4.69, 9.17) is 14.5 Å². The summed E-state index contributed by atoms with van der Waals surface area (Å²) >= 11 is 0. The lowest BCUT2D eigenvalue weighted by Crippen LogP contribution is -2.38. The Balaban J connectivity index is 2.29. The normalized spacial score (nSPS) is 12.9. The van der Waals surface area contributed by atoms with Crippen molar-refractivity contribution in [1.29, 1.82) is 0 Å². The number of guanidine groups is 1. The molecule has 0 aliphatic carbocycles. The molecule has 1 unspecified atom stereocenters. The number of nitrogens with zero attached hydrogens (tertiary/aromatic N) is 1. The molecule has 0 heterocycles. The van der Waals surface area contributed by atoms with Gasteiger partial charge < -0.3 is 20.1 Å². The summed E-state index contributed by atoms with van der Waals surface area (Å²) < 4.78 is 10.4. The van der Waals surface area contributed by atoms with Crippen molar-refractivity contribution in [2.45, 2.75) is 39.5 Å². The maximum absolute atomic E-state index is 5.47. The average molecular weight is 350 g/mol. The van der Waals surface area contributed by atoms with Crippen molar-refractivity contribution in [2.75, 3.05) is 46.6 Å². The second kappa shape index (κ2) is 13.7.